The summed E-state index contributed by atoms with van der Waals surface area (Å²) in [5.74, 6) is 0.361. The molecule has 2 N–H and O–H groups in total. The first kappa shape index (κ1) is 22.5. The predicted octanol–water partition coefficient (Wildman–Crippen LogP) is 4.80. The molecule has 0 saturated heterocycles. The van der Waals surface area contributed by atoms with Crippen molar-refractivity contribution in [3.63, 3.8) is 0 Å². The first-order valence-electron chi connectivity index (χ1n) is 9.72. The van der Waals surface area contributed by atoms with Gasteiger partial charge in [-0.3, -0.25) is 10.0 Å². The quantitative estimate of drug-likeness (QED) is 0.576. The molecule has 7 nitrogen and oxygen atoms in total. The summed E-state index contributed by atoms with van der Waals surface area (Å²) in [5, 5.41) is 2.52. The Morgan fingerprint density at radius 3 is 2.34 bits per heavy atom. The van der Waals surface area contributed by atoms with E-state index in [4.69, 9.17) is 9.47 Å². The molecule has 2 aromatic carbocycles. The fraction of sp³-hybridized carbons (Fsp3) is 0.381. The lowest BCUT2D eigenvalue weighted by molar-refractivity contribution is 0.167. The van der Waals surface area contributed by atoms with E-state index in [0.717, 1.165) is 24.8 Å². The van der Waals surface area contributed by atoms with E-state index in [1.165, 1.54) is 18.2 Å². The van der Waals surface area contributed by atoms with Crippen molar-refractivity contribution >= 4 is 27.5 Å². The molecule has 0 saturated carbocycles. The lowest BCUT2D eigenvalue weighted by Crippen LogP contribution is -2.16. The molecular weight excluding hydrogens is 392 g/mol. The number of amides is 1. The van der Waals surface area contributed by atoms with Crippen LogP contribution in [-0.2, 0) is 21.2 Å². The first-order chi connectivity index (χ1) is 13.9. The van der Waals surface area contributed by atoms with Crippen LogP contribution in [0.1, 0.15) is 39.2 Å². The highest BCUT2D eigenvalue weighted by molar-refractivity contribution is 7.92. The van der Waals surface area contributed by atoms with E-state index in [0.29, 0.717) is 18.0 Å². The highest BCUT2D eigenvalue weighted by Crippen LogP contribution is 2.29. The van der Waals surface area contributed by atoms with Crippen LogP contribution >= 0.6 is 0 Å². The normalized spacial score (nSPS) is 11.0. The summed E-state index contributed by atoms with van der Waals surface area (Å²) in [4.78, 5) is 11.8. The third kappa shape index (κ3) is 6.67. The number of rotatable bonds is 10. The Labute approximate surface area is 172 Å². The van der Waals surface area contributed by atoms with E-state index in [1.54, 1.807) is 26.0 Å². The molecule has 0 radical (unpaired) electrons. The minimum atomic E-state index is -3.84. The van der Waals surface area contributed by atoms with Gasteiger partial charge in [0.05, 0.1) is 23.8 Å². The zero-order chi connectivity index (χ0) is 21.3. The Bertz CT molecular complexity index is 911. The van der Waals surface area contributed by atoms with Gasteiger partial charge in [0, 0.05) is 5.69 Å². The maximum atomic E-state index is 12.8. The van der Waals surface area contributed by atoms with Crippen LogP contribution in [0.25, 0.3) is 0 Å². The van der Waals surface area contributed by atoms with Crippen molar-refractivity contribution in [2.75, 3.05) is 23.3 Å². The number of hydrogen-bond acceptors (Lipinski definition) is 5. The van der Waals surface area contributed by atoms with E-state index >= 15 is 0 Å². The number of aryl methyl sites for hydroxylation is 1. The largest absolute Gasteiger partial charge is 0.492 e. The number of unbranched alkanes of at least 4 members (excludes halogenated alkanes) is 1. The molecule has 2 aromatic rings. The van der Waals surface area contributed by atoms with Crippen LogP contribution in [0.3, 0.4) is 0 Å². The monoisotopic (exact) mass is 420 g/mol. The van der Waals surface area contributed by atoms with Crippen molar-refractivity contribution in [1.82, 2.24) is 0 Å². The molecule has 8 heteroatoms. The molecule has 0 aliphatic carbocycles. The van der Waals surface area contributed by atoms with Crippen molar-refractivity contribution in [2.24, 2.45) is 0 Å². The van der Waals surface area contributed by atoms with Crippen molar-refractivity contribution in [1.29, 1.82) is 0 Å². The van der Waals surface area contributed by atoms with Crippen molar-refractivity contribution in [2.45, 2.75) is 44.9 Å². The van der Waals surface area contributed by atoms with E-state index in [1.807, 2.05) is 12.1 Å². The van der Waals surface area contributed by atoms with Gasteiger partial charge in [0.1, 0.15) is 5.75 Å². The second kappa shape index (κ2) is 10.7. The maximum Gasteiger partial charge on any atom is 0.411 e. The van der Waals surface area contributed by atoms with Crippen LogP contribution in [0, 0.1) is 0 Å². The SMILES string of the molecule is CCCCc1ccc(NS(=O)(=O)c2ccc(OCC)c(NC(=O)OCC)c2)cc1. The summed E-state index contributed by atoms with van der Waals surface area (Å²) >= 11 is 0. The number of benzene rings is 2. The van der Waals surface area contributed by atoms with E-state index in [-0.39, 0.29) is 17.2 Å². The molecule has 29 heavy (non-hydrogen) atoms. The average Bonchev–Trinajstić information content (AvgIpc) is 2.69. The highest BCUT2D eigenvalue weighted by atomic mass is 32.2. The minimum Gasteiger partial charge on any atom is -0.492 e. The highest BCUT2D eigenvalue weighted by Gasteiger charge is 2.18. The zero-order valence-electron chi connectivity index (χ0n) is 17.0. The molecule has 0 unspecified atom stereocenters. The van der Waals surface area contributed by atoms with Crippen LogP contribution < -0.4 is 14.8 Å². The topological polar surface area (TPSA) is 93.7 Å². The molecule has 0 spiro atoms. The van der Waals surface area contributed by atoms with Gasteiger partial charge in [0.25, 0.3) is 10.0 Å². The number of hydrogen-bond donors (Lipinski definition) is 2. The Balaban J connectivity index is 2.23. The van der Waals surface area contributed by atoms with Gasteiger partial charge in [-0.15, -0.1) is 0 Å². The number of carbonyl (C=O) groups excluding carboxylic acids is 1. The van der Waals surface area contributed by atoms with Crippen molar-refractivity contribution < 1.29 is 22.7 Å². The molecule has 0 atom stereocenters. The number of nitrogens with one attached hydrogen (secondary N) is 2. The number of anilines is 2. The second-order valence-electron chi connectivity index (χ2n) is 6.34. The van der Waals surface area contributed by atoms with Crippen LogP contribution in [0.4, 0.5) is 16.2 Å². The molecule has 0 heterocycles. The summed E-state index contributed by atoms with van der Waals surface area (Å²) in [6.07, 6.45) is 2.48. The van der Waals surface area contributed by atoms with Crippen molar-refractivity contribution in [3.05, 3.63) is 48.0 Å². The molecule has 158 valence electrons. The average molecular weight is 421 g/mol. The molecular formula is C21H28N2O5S. The van der Waals surface area contributed by atoms with E-state index in [9.17, 15) is 13.2 Å². The number of ether oxygens (including phenoxy) is 2. The van der Waals surface area contributed by atoms with Crippen molar-refractivity contribution in [3.8, 4) is 5.75 Å². The summed E-state index contributed by atoms with van der Waals surface area (Å²) in [6, 6.07) is 11.6. The van der Waals surface area contributed by atoms with Gasteiger partial charge in [-0.2, -0.15) is 0 Å². The lowest BCUT2D eigenvalue weighted by atomic mass is 10.1. The summed E-state index contributed by atoms with van der Waals surface area (Å²) < 4.78 is 38.5. The standard InChI is InChI=1S/C21H28N2O5S/c1-4-7-8-16-9-11-17(12-10-16)23-29(25,26)18-13-14-20(27-5-2)19(15-18)22-21(24)28-6-3/h9-15,23H,4-8H2,1-3H3,(H,22,24). The fourth-order valence-corrected chi connectivity index (χ4v) is 3.75. The van der Waals surface area contributed by atoms with Crippen LogP contribution in [0.5, 0.6) is 5.75 Å². The smallest absolute Gasteiger partial charge is 0.411 e. The molecule has 0 aliphatic rings. The molecule has 0 bridgehead atoms. The van der Waals surface area contributed by atoms with E-state index in [2.05, 4.69) is 17.0 Å². The fourth-order valence-electron chi connectivity index (χ4n) is 2.67. The predicted molar refractivity (Wildman–Crippen MR) is 114 cm³/mol. The third-order valence-electron chi connectivity index (χ3n) is 4.10. The zero-order valence-corrected chi connectivity index (χ0v) is 17.8. The molecule has 2 rings (SSSR count). The molecule has 0 aliphatic heterocycles. The van der Waals surface area contributed by atoms with Gasteiger partial charge in [-0.25, -0.2) is 13.2 Å². The Morgan fingerprint density at radius 2 is 1.72 bits per heavy atom. The number of sulfonamides is 1. The van der Waals surface area contributed by atoms with Gasteiger partial charge in [-0.1, -0.05) is 25.5 Å². The van der Waals surface area contributed by atoms with Gasteiger partial charge < -0.3 is 9.47 Å². The van der Waals surface area contributed by atoms with E-state index < -0.39 is 16.1 Å². The minimum absolute atomic E-state index is 0.00260. The third-order valence-corrected chi connectivity index (χ3v) is 5.48. The molecule has 0 fully saturated rings. The van der Waals surface area contributed by atoms with Crippen LogP contribution in [0.2, 0.25) is 0 Å². The Hall–Kier alpha value is -2.74. The Kier molecular flexibility index (Phi) is 8.33. The number of carbonyl (C=O) groups is 1. The molecule has 0 aromatic heterocycles. The second-order valence-corrected chi connectivity index (χ2v) is 8.02. The Morgan fingerprint density at radius 1 is 1.00 bits per heavy atom. The summed E-state index contributed by atoms with van der Waals surface area (Å²) in [6.45, 7) is 6.17. The first-order valence-corrected chi connectivity index (χ1v) is 11.2. The maximum absolute atomic E-state index is 12.8. The van der Waals surface area contributed by atoms with Gasteiger partial charge in [0.15, 0.2) is 0 Å². The van der Waals surface area contributed by atoms with Crippen LogP contribution in [-0.4, -0.2) is 27.7 Å². The van der Waals surface area contributed by atoms with Gasteiger partial charge in [0.2, 0.25) is 0 Å². The summed E-state index contributed by atoms with van der Waals surface area (Å²) in [5.41, 5.74) is 1.86. The van der Waals surface area contributed by atoms with Gasteiger partial charge >= 0.3 is 6.09 Å². The molecule has 1 amide bonds. The lowest BCUT2D eigenvalue weighted by Gasteiger charge is -2.14. The summed E-state index contributed by atoms with van der Waals surface area (Å²) in [7, 11) is -3.84. The van der Waals surface area contributed by atoms with Gasteiger partial charge in [-0.05, 0) is 62.6 Å². The van der Waals surface area contributed by atoms with Crippen LogP contribution in [0.15, 0.2) is 47.4 Å².